The average Bonchev–Trinajstić information content (AvgIpc) is 2.66. The predicted octanol–water partition coefficient (Wildman–Crippen LogP) is 5.81. The summed E-state index contributed by atoms with van der Waals surface area (Å²) in [7, 11) is 0. The molecule has 0 aromatic carbocycles. The first-order valence-corrected chi connectivity index (χ1v) is 6.33. The molecule has 0 amide bonds. The fourth-order valence-corrected chi connectivity index (χ4v) is 0.884. The monoisotopic (exact) mass is 188 g/mol. The molecule has 13 heavy (non-hydrogen) atoms. The highest BCUT2D eigenvalue weighted by Crippen LogP contribution is 2.15. The normalized spacial score (nSPS) is 12.5. The van der Waals surface area contributed by atoms with Gasteiger partial charge in [0, 0.05) is 0 Å². The van der Waals surface area contributed by atoms with Gasteiger partial charge in [0.2, 0.25) is 0 Å². The molecule has 0 aromatic heterocycles. The fourth-order valence-electron chi connectivity index (χ4n) is 0.884. The molecule has 0 aliphatic heterocycles. The number of hydrogen-bond acceptors (Lipinski definition) is 0. The molecule has 0 bridgehead atoms. The topological polar surface area (TPSA) is 0 Å². The Hall–Kier alpha value is 0. The Labute approximate surface area is 87.1 Å². The molecular weight excluding hydrogens is 156 g/mol. The second kappa shape index (κ2) is 29.6. The van der Waals surface area contributed by atoms with E-state index < -0.39 is 0 Å². The molecule has 1 rings (SSSR count). The molecule has 1 saturated carbocycles. The molecule has 0 N–H and O–H groups in total. The molecule has 0 saturated heterocycles. The third-order valence-corrected chi connectivity index (χ3v) is 1.25. The van der Waals surface area contributed by atoms with Crippen molar-refractivity contribution in [1.82, 2.24) is 0 Å². The molecule has 1 fully saturated rings. The summed E-state index contributed by atoms with van der Waals surface area (Å²) < 4.78 is 0. The first kappa shape index (κ1) is 18.7. The van der Waals surface area contributed by atoms with Gasteiger partial charge in [0.05, 0.1) is 0 Å². The van der Waals surface area contributed by atoms with Crippen molar-refractivity contribution in [3.8, 4) is 0 Å². The Kier molecular flexibility index (Phi) is 42.7. The van der Waals surface area contributed by atoms with Crippen LogP contribution in [0.2, 0.25) is 0 Å². The van der Waals surface area contributed by atoms with Crippen LogP contribution in [-0.4, -0.2) is 0 Å². The van der Waals surface area contributed by atoms with Crippen LogP contribution in [0.4, 0.5) is 0 Å². The van der Waals surface area contributed by atoms with Gasteiger partial charge in [-0.05, 0) is 0 Å². The summed E-state index contributed by atoms with van der Waals surface area (Å²) in [6, 6.07) is 0. The zero-order valence-corrected chi connectivity index (χ0v) is 10.9. The van der Waals surface area contributed by atoms with E-state index in [1.807, 2.05) is 13.8 Å². The highest BCUT2D eigenvalue weighted by Gasteiger charge is 1.95. The predicted molar refractivity (Wildman–Crippen MR) is 66.4 cm³/mol. The number of hydrogen-bond donors (Lipinski definition) is 0. The Morgan fingerprint density at radius 3 is 0.692 bits per heavy atom. The molecular formula is C13H32. The van der Waals surface area contributed by atoms with Crippen LogP contribution in [-0.2, 0) is 0 Å². The van der Waals surface area contributed by atoms with E-state index in [2.05, 4.69) is 27.7 Å². The molecule has 0 spiro atoms. The lowest BCUT2D eigenvalue weighted by Gasteiger charge is -1.67. The van der Waals surface area contributed by atoms with E-state index in [1.165, 1.54) is 44.9 Å². The van der Waals surface area contributed by atoms with Gasteiger partial charge in [-0.1, -0.05) is 86.5 Å². The van der Waals surface area contributed by atoms with Gasteiger partial charge in [0.15, 0.2) is 0 Å². The van der Waals surface area contributed by atoms with E-state index in [9.17, 15) is 0 Å². The molecule has 0 radical (unpaired) electrons. The Morgan fingerprint density at radius 2 is 0.615 bits per heavy atom. The maximum atomic E-state index is 2.12. The third-order valence-electron chi connectivity index (χ3n) is 1.25. The van der Waals surface area contributed by atoms with Crippen LogP contribution in [0.3, 0.4) is 0 Å². The van der Waals surface area contributed by atoms with Crippen LogP contribution in [0.5, 0.6) is 0 Å². The fraction of sp³-hybridized carbons (Fsp3) is 1.00. The zero-order chi connectivity index (χ0) is 10.9. The summed E-state index contributed by atoms with van der Waals surface area (Å²) in [5.74, 6) is 0. The van der Waals surface area contributed by atoms with Crippen molar-refractivity contribution in [3.05, 3.63) is 0 Å². The molecule has 1 aliphatic carbocycles. The van der Waals surface area contributed by atoms with Crippen molar-refractivity contribution in [1.29, 1.82) is 0 Å². The first-order chi connectivity index (χ1) is 6.33. The minimum atomic E-state index is 1.25. The highest BCUT2D eigenvalue weighted by atomic mass is 14.0. The van der Waals surface area contributed by atoms with Crippen molar-refractivity contribution in [2.24, 2.45) is 0 Å². The Bertz CT molecular complexity index is 25.7. The van der Waals surface area contributed by atoms with Crippen molar-refractivity contribution < 1.29 is 0 Å². The quantitative estimate of drug-likeness (QED) is 0.450. The van der Waals surface area contributed by atoms with Gasteiger partial charge in [-0.2, -0.15) is 0 Å². The molecule has 0 heterocycles. The van der Waals surface area contributed by atoms with Crippen LogP contribution in [0.1, 0.15) is 86.5 Å². The minimum absolute atomic E-state index is 1.25. The highest BCUT2D eigenvalue weighted by molar-refractivity contribution is 4.51. The van der Waals surface area contributed by atoms with Gasteiger partial charge in [0.25, 0.3) is 0 Å². The standard InChI is InChI=1S/C5H10.2C3H8.C2H6/c1-2-4-5-3-1;2*1-3-2;1-2/h1-5H2;2*3H2,1-2H3;1-2H3. The summed E-state index contributed by atoms with van der Waals surface area (Å²) in [6.45, 7) is 12.5. The third kappa shape index (κ3) is 48.0. The van der Waals surface area contributed by atoms with Gasteiger partial charge >= 0.3 is 0 Å². The summed E-state index contributed by atoms with van der Waals surface area (Å²) in [5, 5.41) is 0. The zero-order valence-electron chi connectivity index (χ0n) is 10.9. The molecule has 0 unspecified atom stereocenters. The van der Waals surface area contributed by atoms with E-state index in [-0.39, 0.29) is 0 Å². The molecule has 0 nitrogen and oxygen atoms in total. The Morgan fingerprint density at radius 1 is 0.538 bits per heavy atom. The lowest BCUT2D eigenvalue weighted by molar-refractivity contribution is 0.886. The van der Waals surface area contributed by atoms with Crippen LogP contribution in [0.15, 0.2) is 0 Å². The van der Waals surface area contributed by atoms with Gasteiger partial charge in [-0.3, -0.25) is 0 Å². The van der Waals surface area contributed by atoms with Crippen LogP contribution >= 0.6 is 0 Å². The summed E-state index contributed by atoms with van der Waals surface area (Å²) in [5.41, 5.74) is 0. The van der Waals surface area contributed by atoms with Crippen molar-refractivity contribution in [3.63, 3.8) is 0 Å². The van der Waals surface area contributed by atoms with E-state index in [0.717, 1.165) is 0 Å². The maximum absolute atomic E-state index is 2.12. The molecule has 84 valence electrons. The second-order valence-corrected chi connectivity index (χ2v) is 3.18. The van der Waals surface area contributed by atoms with Crippen LogP contribution in [0, 0.1) is 0 Å². The number of rotatable bonds is 0. The Balaban J connectivity index is -0.000000112. The van der Waals surface area contributed by atoms with Gasteiger partial charge in [0.1, 0.15) is 0 Å². The van der Waals surface area contributed by atoms with Crippen molar-refractivity contribution >= 4 is 0 Å². The molecule has 0 atom stereocenters. The van der Waals surface area contributed by atoms with Crippen LogP contribution in [0.25, 0.3) is 0 Å². The summed E-state index contributed by atoms with van der Waals surface area (Å²) in [6.07, 6.45) is 10.0. The van der Waals surface area contributed by atoms with Crippen molar-refractivity contribution in [2.75, 3.05) is 0 Å². The lowest BCUT2D eigenvalue weighted by Crippen LogP contribution is -1.47. The van der Waals surface area contributed by atoms with Gasteiger partial charge in [-0.15, -0.1) is 0 Å². The van der Waals surface area contributed by atoms with E-state index in [0.29, 0.717) is 0 Å². The van der Waals surface area contributed by atoms with E-state index >= 15 is 0 Å². The van der Waals surface area contributed by atoms with E-state index in [4.69, 9.17) is 0 Å². The van der Waals surface area contributed by atoms with Gasteiger partial charge < -0.3 is 0 Å². The SMILES string of the molecule is C1CCCC1.CC.CCC.CCC. The average molecular weight is 188 g/mol. The minimum Gasteiger partial charge on any atom is -0.0683 e. The molecule has 0 heteroatoms. The molecule has 1 aliphatic rings. The smallest absolute Gasteiger partial charge is 0.0533 e. The van der Waals surface area contributed by atoms with Crippen molar-refractivity contribution in [2.45, 2.75) is 86.5 Å². The van der Waals surface area contributed by atoms with Crippen LogP contribution < -0.4 is 0 Å². The maximum Gasteiger partial charge on any atom is -0.0533 e. The summed E-state index contributed by atoms with van der Waals surface area (Å²) in [4.78, 5) is 0. The second-order valence-electron chi connectivity index (χ2n) is 3.18. The van der Waals surface area contributed by atoms with E-state index in [1.54, 1.807) is 0 Å². The first-order valence-electron chi connectivity index (χ1n) is 6.33. The molecule has 0 aromatic rings. The largest absolute Gasteiger partial charge is 0.0683 e. The lowest BCUT2D eigenvalue weighted by atomic mass is 10.4. The van der Waals surface area contributed by atoms with Gasteiger partial charge in [-0.25, -0.2) is 0 Å². The summed E-state index contributed by atoms with van der Waals surface area (Å²) >= 11 is 0.